The average molecular weight is 499 g/mol. The molecule has 184 valence electrons. The Morgan fingerprint density at radius 3 is 2.71 bits per heavy atom. The topological polar surface area (TPSA) is 89.6 Å². The fraction of sp³-hybridized carbons (Fsp3) is 0.462. The minimum atomic E-state index is -0.802. The average Bonchev–Trinajstić information content (AvgIpc) is 3.48. The number of aryl methyl sites for hydroxylation is 3. The molecule has 1 N–H and O–H groups in total. The number of ether oxygens (including phenoxy) is 1. The molecule has 1 atom stereocenters. The first-order valence-electron chi connectivity index (χ1n) is 12.0. The summed E-state index contributed by atoms with van der Waals surface area (Å²) in [7, 11) is 0. The van der Waals surface area contributed by atoms with Crippen molar-refractivity contribution in [3.8, 4) is 0 Å². The maximum Gasteiger partial charge on any atom is 0.338 e. The molecule has 5 rings (SSSR count). The van der Waals surface area contributed by atoms with Crippen molar-refractivity contribution in [3.05, 3.63) is 69.2 Å². The number of halogens is 2. The first kappa shape index (κ1) is 23.7. The van der Waals surface area contributed by atoms with Gasteiger partial charge in [-0.2, -0.15) is 4.98 Å². The molecule has 1 aliphatic heterocycles. The lowest BCUT2D eigenvalue weighted by Gasteiger charge is -2.41. The number of aliphatic hydroxyl groups excluding tert-OH is 1. The Labute approximate surface area is 208 Å². The van der Waals surface area contributed by atoms with E-state index in [1.807, 2.05) is 19.9 Å². The minimum Gasteiger partial charge on any atom is -0.512 e. The van der Waals surface area contributed by atoms with Crippen molar-refractivity contribution >= 4 is 23.3 Å². The number of hydrogen-bond donors (Lipinski definition) is 1. The summed E-state index contributed by atoms with van der Waals surface area (Å²) in [5.41, 5.74) is 1.97. The van der Waals surface area contributed by atoms with Gasteiger partial charge in [0.1, 0.15) is 17.2 Å². The van der Waals surface area contributed by atoms with Gasteiger partial charge in [-0.05, 0) is 69.2 Å². The van der Waals surface area contributed by atoms with Crippen molar-refractivity contribution < 1.29 is 19.0 Å². The van der Waals surface area contributed by atoms with Crippen molar-refractivity contribution in [2.45, 2.75) is 70.8 Å². The fourth-order valence-electron chi connectivity index (χ4n) is 5.48. The third-order valence-corrected chi connectivity index (χ3v) is 7.56. The molecular formula is C26H28ClFN4O3. The summed E-state index contributed by atoms with van der Waals surface area (Å²) in [6, 6.07) is 6.56. The summed E-state index contributed by atoms with van der Waals surface area (Å²) in [4.78, 5) is 22.1. The second-order valence-electron chi connectivity index (χ2n) is 9.74. The van der Waals surface area contributed by atoms with Gasteiger partial charge in [0.05, 0.1) is 10.6 Å². The number of cyclic esters (lactones) is 1. The highest BCUT2D eigenvalue weighted by atomic mass is 35.5. The van der Waals surface area contributed by atoms with Gasteiger partial charge in [-0.1, -0.05) is 30.5 Å². The van der Waals surface area contributed by atoms with Crippen LogP contribution < -0.4 is 0 Å². The maximum atomic E-state index is 13.6. The number of carbonyl (C=O) groups excluding carboxylic acids is 1. The molecule has 3 heterocycles. The van der Waals surface area contributed by atoms with E-state index in [1.165, 1.54) is 6.07 Å². The van der Waals surface area contributed by atoms with Crippen LogP contribution in [0.1, 0.15) is 61.3 Å². The number of aromatic nitrogens is 4. The number of nitrogens with zero attached hydrogens (tertiary/aromatic N) is 4. The second-order valence-corrected chi connectivity index (χ2v) is 10.1. The summed E-state index contributed by atoms with van der Waals surface area (Å²) >= 11 is 5.96. The lowest BCUT2D eigenvalue weighted by atomic mass is 9.76. The molecule has 0 bridgehead atoms. The number of carbonyl (C=O) groups is 1. The smallest absolute Gasteiger partial charge is 0.338 e. The predicted octanol–water partition coefficient (Wildman–Crippen LogP) is 5.40. The summed E-state index contributed by atoms with van der Waals surface area (Å²) < 4.78 is 21.4. The van der Waals surface area contributed by atoms with Crippen molar-refractivity contribution in [2.75, 3.05) is 0 Å². The fourth-order valence-corrected chi connectivity index (χ4v) is 5.68. The van der Waals surface area contributed by atoms with Gasteiger partial charge in [0, 0.05) is 24.2 Å². The second kappa shape index (κ2) is 9.22. The number of benzene rings is 1. The van der Waals surface area contributed by atoms with Crippen LogP contribution in [0.4, 0.5) is 4.39 Å². The molecule has 2 aromatic heterocycles. The van der Waals surface area contributed by atoms with Crippen LogP contribution >= 0.6 is 11.6 Å². The molecule has 0 radical (unpaired) electrons. The number of aliphatic hydroxyl groups is 1. The Morgan fingerprint density at radius 1 is 1.23 bits per heavy atom. The van der Waals surface area contributed by atoms with E-state index in [2.05, 4.69) is 15.1 Å². The van der Waals surface area contributed by atoms with Gasteiger partial charge in [0.25, 0.3) is 5.78 Å². The van der Waals surface area contributed by atoms with E-state index in [9.17, 15) is 14.3 Å². The molecule has 1 unspecified atom stereocenters. The lowest BCUT2D eigenvalue weighted by molar-refractivity contribution is -0.167. The van der Waals surface area contributed by atoms with Gasteiger partial charge in [-0.25, -0.2) is 18.7 Å². The highest BCUT2D eigenvalue weighted by Gasteiger charge is 2.48. The van der Waals surface area contributed by atoms with E-state index in [0.29, 0.717) is 24.4 Å². The SMILES string of the molecule is Cc1cc(C)n2nc(CC3=C(O)CC(CCc4ccc(F)c(Cl)c4)(C4CCCC4)OC3=O)nc2n1. The zero-order valence-corrected chi connectivity index (χ0v) is 20.6. The van der Waals surface area contributed by atoms with E-state index < -0.39 is 17.4 Å². The molecule has 1 aliphatic carbocycles. The minimum absolute atomic E-state index is 0.0324. The van der Waals surface area contributed by atoms with E-state index in [-0.39, 0.29) is 35.1 Å². The number of rotatable bonds is 6. The summed E-state index contributed by atoms with van der Waals surface area (Å²) in [5.74, 6) is 0.0621. The molecule has 7 nitrogen and oxygen atoms in total. The van der Waals surface area contributed by atoms with Crippen LogP contribution in [0.5, 0.6) is 0 Å². The summed E-state index contributed by atoms with van der Waals surface area (Å²) in [6.07, 6.45) is 5.43. The predicted molar refractivity (Wildman–Crippen MR) is 129 cm³/mol. The zero-order chi connectivity index (χ0) is 24.7. The molecule has 2 aliphatic rings. The van der Waals surface area contributed by atoms with Crippen LogP contribution in [0.15, 0.2) is 35.6 Å². The molecule has 0 amide bonds. The normalized spacial score (nSPS) is 21.2. The zero-order valence-electron chi connectivity index (χ0n) is 19.9. The van der Waals surface area contributed by atoms with E-state index in [0.717, 1.165) is 42.6 Å². The lowest BCUT2D eigenvalue weighted by Crippen LogP contribution is -2.46. The molecule has 35 heavy (non-hydrogen) atoms. The summed E-state index contributed by atoms with van der Waals surface area (Å²) in [6.45, 7) is 3.80. The van der Waals surface area contributed by atoms with Crippen molar-refractivity contribution in [1.82, 2.24) is 19.6 Å². The van der Waals surface area contributed by atoms with E-state index in [1.54, 1.807) is 16.6 Å². The van der Waals surface area contributed by atoms with Crippen LogP contribution in [0.25, 0.3) is 5.78 Å². The molecule has 0 spiro atoms. The molecular weight excluding hydrogens is 471 g/mol. The largest absolute Gasteiger partial charge is 0.512 e. The van der Waals surface area contributed by atoms with E-state index in [4.69, 9.17) is 16.3 Å². The van der Waals surface area contributed by atoms with Crippen molar-refractivity contribution in [2.24, 2.45) is 5.92 Å². The molecule has 3 aromatic rings. The third-order valence-electron chi connectivity index (χ3n) is 7.27. The first-order chi connectivity index (χ1) is 16.7. The highest BCUT2D eigenvalue weighted by molar-refractivity contribution is 6.30. The van der Waals surface area contributed by atoms with Gasteiger partial charge in [-0.3, -0.25) is 0 Å². The van der Waals surface area contributed by atoms with Gasteiger partial charge in [-0.15, -0.1) is 5.10 Å². The first-order valence-corrected chi connectivity index (χ1v) is 12.4. The standard InChI is InChI=1S/C26H28ClFN4O3/c1-15-11-16(2)32-25(29-15)30-23(31-32)13-19-22(33)14-26(35-24(19)34,18-5-3-4-6-18)10-9-17-7-8-21(28)20(27)12-17/h7-8,11-12,18,33H,3-6,9-10,13-14H2,1-2H3. The van der Waals surface area contributed by atoms with Gasteiger partial charge < -0.3 is 9.84 Å². The van der Waals surface area contributed by atoms with Gasteiger partial charge >= 0.3 is 5.97 Å². The maximum absolute atomic E-state index is 13.6. The molecule has 0 saturated heterocycles. The molecule has 1 saturated carbocycles. The number of fused-ring (bicyclic) bond motifs is 1. The Balaban J connectivity index is 1.41. The number of hydrogen-bond acceptors (Lipinski definition) is 6. The van der Waals surface area contributed by atoms with Crippen LogP contribution in [-0.2, 0) is 22.4 Å². The summed E-state index contributed by atoms with van der Waals surface area (Å²) in [5, 5.41) is 15.6. The molecule has 1 aromatic carbocycles. The Hall–Kier alpha value is -3.00. The number of esters is 1. The third kappa shape index (κ3) is 4.63. The highest BCUT2D eigenvalue weighted by Crippen LogP contribution is 2.46. The van der Waals surface area contributed by atoms with Gasteiger partial charge in [0.2, 0.25) is 0 Å². The van der Waals surface area contributed by atoms with Crippen LogP contribution in [-0.4, -0.2) is 36.3 Å². The molecule has 1 fully saturated rings. The monoisotopic (exact) mass is 498 g/mol. The van der Waals surface area contributed by atoms with Crippen molar-refractivity contribution in [1.29, 1.82) is 0 Å². The molecule has 9 heteroatoms. The van der Waals surface area contributed by atoms with Crippen LogP contribution in [0.3, 0.4) is 0 Å². The van der Waals surface area contributed by atoms with E-state index >= 15 is 0 Å². The van der Waals surface area contributed by atoms with Crippen LogP contribution in [0, 0.1) is 25.6 Å². The van der Waals surface area contributed by atoms with Crippen molar-refractivity contribution in [3.63, 3.8) is 0 Å². The van der Waals surface area contributed by atoms with Gasteiger partial charge in [0.15, 0.2) is 5.82 Å². The quantitative estimate of drug-likeness (QED) is 0.458. The Kier molecular flexibility index (Phi) is 6.25. The Bertz CT molecular complexity index is 1330. The van der Waals surface area contributed by atoms with Crippen LogP contribution in [0.2, 0.25) is 5.02 Å². The Morgan fingerprint density at radius 2 is 2.00 bits per heavy atom.